The SMILES string of the molecule is CC(=NNC(=O)c1nn(Cc2ccccc2)c(=O)c2ccccc12)c1ccc(Br)cc1. The van der Waals surface area contributed by atoms with Crippen LogP contribution in [0.4, 0.5) is 0 Å². The van der Waals surface area contributed by atoms with E-state index in [1.54, 1.807) is 24.3 Å². The Morgan fingerprint density at radius 1 is 0.968 bits per heavy atom. The van der Waals surface area contributed by atoms with Gasteiger partial charge < -0.3 is 0 Å². The van der Waals surface area contributed by atoms with Gasteiger partial charge in [0.15, 0.2) is 5.69 Å². The van der Waals surface area contributed by atoms with Crippen molar-refractivity contribution < 1.29 is 4.79 Å². The van der Waals surface area contributed by atoms with Crippen LogP contribution >= 0.6 is 15.9 Å². The maximum atomic E-state index is 13.0. The fourth-order valence-corrected chi connectivity index (χ4v) is 3.47. The molecule has 4 aromatic rings. The molecule has 4 rings (SSSR count). The first-order valence-corrected chi connectivity index (χ1v) is 10.5. The summed E-state index contributed by atoms with van der Waals surface area (Å²) in [5, 5.41) is 9.52. The highest BCUT2D eigenvalue weighted by Crippen LogP contribution is 2.14. The molecule has 154 valence electrons. The van der Waals surface area contributed by atoms with Crippen LogP contribution in [0.3, 0.4) is 0 Å². The third-order valence-corrected chi connectivity index (χ3v) is 5.37. The van der Waals surface area contributed by atoms with Crippen LogP contribution in [0.1, 0.15) is 28.5 Å². The second kappa shape index (κ2) is 9.06. The molecule has 0 unspecified atom stereocenters. The molecule has 1 N–H and O–H groups in total. The van der Waals surface area contributed by atoms with Gasteiger partial charge in [-0.25, -0.2) is 10.1 Å². The van der Waals surface area contributed by atoms with E-state index in [-0.39, 0.29) is 17.8 Å². The molecule has 1 amide bonds. The quantitative estimate of drug-likeness (QED) is 0.344. The summed E-state index contributed by atoms with van der Waals surface area (Å²) >= 11 is 3.40. The Kier molecular flexibility index (Phi) is 6.04. The lowest BCUT2D eigenvalue weighted by Gasteiger charge is -2.10. The number of carbonyl (C=O) groups is 1. The summed E-state index contributed by atoms with van der Waals surface area (Å²) in [7, 11) is 0. The van der Waals surface area contributed by atoms with Gasteiger partial charge in [-0.05, 0) is 36.2 Å². The smallest absolute Gasteiger partial charge is 0.267 e. The Morgan fingerprint density at radius 3 is 2.32 bits per heavy atom. The first-order chi connectivity index (χ1) is 15.0. The number of amides is 1. The molecule has 0 spiro atoms. The fraction of sp³-hybridized carbons (Fsp3) is 0.0833. The van der Waals surface area contributed by atoms with Crippen LogP contribution < -0.4 is 11.0 Å². The van der Waals surface area contributed by atoms with Crippen molar-refractivity contribution in [2.75, 3.05) is 0 Å². The van der Waals surface area contributed by atoms with E-state index in [4.69, 9.17) is 0 Å². The van der Waals surface area contributed by atoms with Crippen LogP contribution in [0.25, 0.3) is 10.8 Å². The van der Waals surface area contributed by atoms with Crippen molar-refractivity contribution in [1.29, 1.82) is 0 Å². The van der Waals surface area contributed by atoms with Gasteiger partial charge in [-0.15, -0.1) is 0 Å². The van der Waals surface area contributed by atoms with E-state index in [2.05, 4.69) is 31.6 Å². The molecule has 0 atom stereocenters. The minimum atomic E-state index is -0.477. The van der Waals surface area contributed by atoms with Gasteiger partial charge in [0.05, 0.1) is 17.6 Å². The van der Waals surface area contributed by atoms with Gasteiger partial charge >= 0.3 is 0 Å². The maximum absolute atomic E-state index is 13.0. The predicted molar refractivity (Wildman–Crippen MR) is 125 cm³/mol. The molecule has 0 aliphatic carbocycles. The number of nitrogens with zero attached hydrogens (tertiary/aromatic N) is 3. The molecule has 1 heterocycles. The molecule has 0 bridgehead atoms. The normalized spacial score (nSPS) is 11.5. The number of hydrazone groups is 1. The second-order valence-electron chi connectivity index (χ2n) is 6.99. The minimum Gasteiger partial charge on any atom is -0.267 e. The van der Waals surface area contributed by atoms with E-state index in [9.17, 15) is 9.59 Å². The summed E-state index contributed by atoms with van der Waals surface area (Å²) in [6.45, 7) is 2.08. The molecular weight excluding hydrogens is 456 g/mol. The Balaban J connectivity index is 1.69. The topological polar surface area (TPSA) is 76.3 Å². The Bertz CT molecular complexity index is 1330. The highest BCUT2D eigenvalue weighted by Gasteiger charge is 2.16. The van der Waals surface area contributed by atoms with Gasteiger partial charge in [0, 0.05) is 9.86 Å². The average Bonchev–Trinajstić information content (AvgIpc) is 2.80. The molecule has 6 nitrogen and oxygen atoms in total. The van der Waals surface area contributed by atoms with Gasteiger partial charge in [-0.1, -0.05) is 76.6 Å². The molecule has 0 saturated heterocycles. The number of aromatic nitrogens is 2. The number of fused-ring (bicyclic) bond motifs is 1. The summed E-state index contributed by atoms with van der Waals surface area (Å²) < 4.78 is 2.28. The van der Waals surface area contributed by atoms with Crippen LogP contribution in [0.5, 0.6) is 0 Å². The fourth-order valence-electron chi connectivity index (χ4n) is 3.21. The Morgan fingerprint density at radius 2 is 1.61 bits per heavy atom. The van der Waals surface area contributed by atoms with Gasteiger partial charge in [-0.3, -0.25) is 9.59 Å². The molecule has 0 aliphatic rings. The highest BCUT2D eigenvalue weighted by molar-refractivity contribution is 9.10. The molecule has 7 heteroatoms. The molecule has 0 saturated carbocycles. The number of rotatable bonds is 5. The first kappa shape index (κ1) is 20.7. The van der Waals surface area contributed by atoms with Crippen LogP contribution in [0, 0.1) is 0 Å². The Hall–Kier alpha value is -3.58. The van der Waals surface area contributed by atoms with E-state index >= 15 is 0 Å². The monoisotopic (exact) mass is 474 g/mol. The van der Waals surface area contributed by atoms with E-state index in [0.29, 0.717) is 16.5 Å². The molecule has 31 heavy (non-hydrogen) atoms. The molecule has 0 radical (unpaired) electrons. The van der Waals surface area contributed by atoms with Crippen molar-refractivity contribution in [1.82, 2.24) is 15.2 Å². The van der Waals surface area contributed by atoms with Gasteiger partial charge in [0.25, 0.3) is 11.5 Å². The molecule has 0 fully saturated rings. The second-order valence-corrected chi connectivity index (χ2v) is 7.90. The number of hydrogen-bond acceptors (Lipinski definition) is 4. The number of nitrogens with one attached hydrogen (secondary N) is 1. The molecule has 3 aromatic carbocycles. The van der Waals surface area contributed by atoms with Crippen LogP contribution in [-0.2, 0) is 6.54 Å². The standard InChI is InChI=1S/C24H19BrN4O2/c1-16(18-11-13-19(25)14-12-18)26-27-23(30)22-20-9-5-6-10-21(20)24(31)29(28-22)15-17-7-3-2-4-8-17/h2-14H,15H2,1H3,(H,27,30). The summed E-state index contributed by atoms with van der Waals surface area (Å²) in [6.07, 6.45) is 0. The number of carbonyl (C=O) groups excluding carboxylic acids is 1. The Labute approximate surface area is 187 Å². The van der Waals surface area contributed by atoms with E-state index in [1.807, 2.05) is 61.5 Å². The summed E-state index contributed by atoms with van der Waals surface area (Å²) in [5.41, 5.74) is 4.94. The van der Waals surface area contributed by atoms with Crippen LogP contribution in [0.15, 0.2) is 93.2 Å². The average molecular weight is 475 g/mol. The lowest BCUT2D eigenvalue weighted by molar-refractivity contribution is 0.0949. The van der Waals surface area contributed by atoms with Crippen molar-refractivity contribution in [2.45, 2.75) is 13.5 Å². The number of benzene rings is 3. The third kappa shape index (κ3) is 4.62. The zero-order valence-corrected chi connectivity index (χ0v) is 18.3. The van der Waals surface area contributed by atoms with E-state index < -0.39 is 5.91 Å². The maximum Gasteiger partial charge on any atom is 0.292 e. The first-order valence-electron chi connectivity index (χ1n) is 9.67. The van der Waals surface area contributed by atoms with Crippen LogP contribution in [-0.4, -0.2) is 21.4 Å². The van der Waals surface area contributed by atoms with Gasteiger partial charge in [-0.2, -0.15) is 10.2 Å². The number of hydrogen-bond donors (Lipinski definition) is 1. The summed E-state index contributed by atoms with van der Waals surface area (Å²) in [6, 6.07) is 24.1. The highest BCUT2D eigenvalue weighted by atomic mass is 79.9. The van der Waals surface area contributed by atoms with E-state index in [1.165, 1.54) is 4.68 Å². The van der Waals surface area contributed by atoms with Crippen molar-refractivity contribution in [3.05, 3.63) is 111 Å². The van der Waals surface area contributed by atoms with Crippen molar-refractivity contribution >= 4 is 38.3 Å². The lowest BCUT2D eigenvalue weighted by atomic mass is 10.1. The zero-order chi connectivity index (χ0) is 21.8. The van der Waals surface area contributed by atoms with E-state index in [0.717, 1.165) is 15.6 Å². The molecule has 1 aromatic heterocycles. The molecular formula is C24H19BrN4O2. The lowest BCUT2D eigenvalue weighted by Crippen LogP contribution is -2.29. The van der Waals surface area contributed by atoms with Crippen LogP contribution in [0.2, 0.25) is 0 Å². The van der Waals surface area contributed by atoms with Crippen molar-refractivity contribution in [3.63, 3.8) is 0 Å². The van der Waals surface area contributed by atoms with Crippen molar-refractivity contribution in [3.8, 4) is 0 Å². The molecule has 0 aliphatic heterocycles. The minimum absolute atomic E-state index is 0.151. The summed E-state index contributed by atoms with van der Waals surface area (Å²) in [4.78, 5) is 25.9. The van der Waals surface area contributed by atoms with Crippen molar-refractivity contribution in [2.24, 2.45) is 5.10 Å². The van der Waals surface area contributed by atoms with Gasteiger partial charge in [0.2, 0.25) is 0 Å². The third-order valence-electron chi connectivity index (χ3n) is 4.85. The predicted octanol–water partition coefficient (Wildman–Crippen LogP) is 4.36. The summed E-state index contributed by atoms with van der Waals surface area (Å²) in [5.74, 6) is -0.477. The largest absolute Gasteiger partial charge is 0.292 e. The van der Waals surface area contributed by atoms with Gasteiger partial charge in [0.1, 0.15) is 0 Å². The number of halogens is 1. The zero-order valence-electron chi connectivity index (χ0n) is 16.7.